The van der Waals surface area contributed by atoms with E-state index in [-0.39, 0.29) is 17.7 Å². The lowest BCUT2D eigenvalue weighted by Crippen LogP contribution is -2.54. The van der Waals surface area contributed by atoms with Gasteiger partial charge in [-0.3, -0.25) is 14.5 Å². The number of para-hydroxylation sites is 1. The van der Waals surface area contributed by atoms with Crippen LogP contribution in [0.4, 0.5) is 11.4 Å². The number of amides is 1. The molecule has 1 aliphatic rings. The molecule has 2 aromatic rings. The number of carbonyl (C=O) groups is 2. The minimum atomic E-state index is -0.151. The molecule has 1 fully saturated rings. The second-order valence-electron chi connectivity index (χ2n) is 7.22. The molecule has 0 unspecified atom stereocenters. The molecule has 1 atom stereocenters. The number of nitrogens with zero attached hydrogens (tertiary/aromatic N) is 3. The maximum Gasteiger partial charge on any atom is 0.244 e. The van der Waals surface area contributed by atoms with Crippen LogP contribution in [0.2, 0.25) is 0 Å². The zero-order valence-electron chi connectivity index (χ0n) is 17.0. The summed E-state index contributed by atoms with van der Waals surface area (Å²) in [4.78, 5) is 30.9. The van der Waals surface area contributed by atoms with Gasteiger partial charge in [-0.15, -0.1) is 0 Å². The first kappa shape index (κ1) is 20.1. The van der Waals surface area contributed by atoms with Crippen LogP contribution >= 0.6 is 0 Å². The molecule has 5 heteroatoms. The van der Waals surface area contributed by atoms with Gasteiger partial charge in [0.25, 0.3) is 0 Å². The van der Waals surface area contributed by atoms with E-state index in [1.165, 1.54) is 0 Å². The summed E-state index contributed by atoms with van der Waals surface area (Å²) >= 11 is 0. The van der Waals surface area contributed by atoms with E-state index in [1.807, 2.05) is 73.3 Å². The first-order valence-electron chi connectivity index (χ1n) is 9.97. The standard InChI is InChI=1S/C23H29N3O2/c1-4-26(22-8-6-5-7-9-22)23(28)18(2)24-14-16-25(17-15-24)21-12-10-20(11-13-21)19(3)27/h5-13,18H,4,14-17H2,1-3H3/t18-/m1/s1. The van der Waals surface area contributed by atoms with Crippen LogP contribution in [0.1, 0.15) is 31.1 Å². The molecule has 0 spiro atoms. The summed E-state index contributed by atoms with van der Waals surface area (Å²) in [6.07, 6.45) is 0. The van der Waals surface area contributed by atoms with Crippen molar-refractivity contribution in [3.05, 3.63) is 60.2 Å². The number of hydrogen-bond donors (Lipinski definition) is 0. The van der Waals surface area contributed by atoms with Crippen molar-refractivity contribution in [2.24, 2.45) is 0 Å². The Labute approximate surface area is 167 Å². The van der Waals surface area contributed by atoms with Crippen molar-refractivity contribution in [2.45, 2.75) is 26.8 Å². The molecule has 1 heterocycles. The molecule has 5 nitrogen and oxygen atoms in total. The molecule has 0 saturated carbocycles. The van der Waals surface area contributed by atoms with Gasteiger partial charge in [-0.05, 0) is 57.2 Å². The molecule has 1 amide bonds. The minimum absolute atomic E-state index is 0.0857. The number of rotatable bonds is 6. The van der Waals surface area contributed by atoms with E-state index in [2.05, 4.69) is 9.80 Å². The Morgan fingerprint density at radius 3 is 2.11 bits per heavy atom. The quantitative estimate of drug-likeness (QED) is 0.721. The summed E-state index contributed by atoms with van der Waals surface area (Å²) in [6.45, 7) is 9.69. The number of anilines is 2. The molecule has 28 heavy (non-hydrogen) atoms. The van der Waals surface area contributed by atoms with E-state index >= 15 is 0 Å². The van der Waals surface area contributed by atoms with Gasteiger partial charge in [0.1, 0.15) is 0 Å². The Bertz CT molecular complexity index is 796. The van der Waals surface area contributed by atoms with Crippen LogP contribution in [-0.4, -0.2) is 55.4 Å². The molecule has 0 aromatic heterocycles. The van der Waals surface area contributed by atoms with Gasteiger partial charge in [-0.2, -0.15) is 0 Å². The third-order valence-electron chi connectivity index (χ3n) is 5.51. The van der Waals surface area contributed by atoms with Crippen molar-refractivity contribution in [3.63, 3.8) is 0 Å². The van der Waals surface area contributed by atoms with Crippen molar-refractivity contribution in [1.29, 1.82) is 0 Å². The highest BCUT2D eigenvalue weighted by molar-refractivity contribution is 5.97. The Kier molecular flexibility index (Phi) is 6.47. The second kappa shape index (κ2) is 9.02. The summed E-state index contributed by atoms with van der Waals surface area (Å²) in [6, 6.07) is 17.5. The van der Waals surface area contributed by atoms with Gasteiger partial charge in [0.05, 0.1) is 6.04 Å². The molecule has 0 radical (unpaired) electrons. The molecule has 0 N–H and O–H groups in total. The van der Waals surface area contributed by atoms with E-state index in [0.29, 0.717) is 6.54 Å². The predicted octanol–water partition coefficient (Wildman–Crippen LogP) is 3.45. The molecule has 1 saturated heterocycles. The Morgan fingerprint density at radius 1 is 0.964 bits per heavy atom. The SMILES string of the molecule is CCN(C(=O)[C@@H](C)N1CCN(c2ccc(C(C)=O)cc2)CC1)c1ccccc1. The summed E-state index contributed by atoms with van der Waals surface area (Å²) in [7, 11) is 0. The highest BCUT2D eigenvalue weighted by Gasteiger charge is 2.29. The van der Waals surface area contributed by atoms with Gasteiger partial charge in [0, 0.05) is 49.7 Å². The Morgan fingerprint density at radius 2 is 1.57 bits per heavy atom. The van der Waals surface area contributed by atoms with Crippen LogP contribution in [0, 0.1) is 0 Å². The number of ketones is 1. The lowest BCUT2D eigenvalue weighted by molar-refractivity contribution is -0.123. The molecule has 2 aromatic carbocycles. The zero-order chi connectivity index (χ0) is 20.1. The summed E-state index contributed by atoms with van der Waals surface area (Å²) in [5.74, 6) is 0.232. The number of Topliss-reactive ketones (excluding diaryl/α,β-unsaturated/α-hetero) is 1. The lowest BCUT2D eigenvalue weighted by atomic mass is 10.1. The first-order valence-corrected chi connectivity index (χ1v) is 9.97. The van der Waals surface area contributed by atoms with Crippen LogP contribution in [0.15, 0.2) is 54.6 Å². The summed E-state index contributed by atoms with van der Waals surface area (Å²) < 4.78 is 0. The minimum Gasteiger partial charge on any atom is -0.369 e. The molecule has 0 aliphatic carbocycles. The van der Waals surface area contributed by atoms with Crippen molar-refractivity contribution < 1.29 is 9.59 Å². The van der Waals surface area contributed by atoms with E-state index in [0.717, 1.165) is 43.1 Å². The number of piperazine rings is 1. The average molecular weight is 380 g/mol. The number of carbonyl (C=O) groups excluding carboxylic acids is 2. The van der Waals surface area contributed by atoms with Gasteiger partial charge in [0.2, 0.25) is 5.91 Å². The van der Waals surface area contributed by atoms with Gasteiger partial charge >= 0.3 is 0 Å². The van der Waals surface area contributed by atoms with Crippen molar-refractivity contribution in [1.82, 2.24) is 4.90 Å². The van der Waals surface area contributed by atoms with Gasteiger partial charge in [0.15, 0.2) is 5.78 Å². The molecular weight excluding hydrogens is 350 g/mol. The van der Waals surface area contributed by atoms with Crippen molar-refractivity contribution in [3.8, 4) is 0 Å². The average Bonchev–Trinajstić information content (AvgIpc) is 2.74. The third-order valence-corrected chi connectivity index (χ3v) is 5.51. The van der Waals surface area contributed by atoms with E-state index < -0.39 is 0 Å². The monoisotopic (exact) mass is 379 g/mol. The van der Waals surface area contributed by atoms with Crippen LogP contribution in [0.25, 0.3) is 0 Å². The van der Waals surface area contributed by atoms with E-state index in [9.17, 15) is 9.59 Å². The number of hydrogen-bond acceptors (Lipinski definition) is 4. The van der Waals surface area contributed by atoms with Gasteiger partial charge in [-0.1, -0.05) is 18.2 Å². The summed E-state index contributed by atoms with van der Waals surface area (Å²) in [5, 5.41) is 0. The van der Waals surface area contributed by atoms with Crippen LogP contribution in [-0.2, 0) is 4.79 Å². The molecular formula is C23H29N3O2. The molecule has 148 valence electrons. The normalized spacial score (nSPS) is 15.9. The zero-order valence-corrected chi connectivity index (χ0v) is 17.0. The third kappa shape index (κ3) is 4.42. The van der Waals surface area contributed by atoms with Crippen molar-refractivity contribution >= 4 is 23.1 Å². The largest absolute Gasteiger partial charge is 0.369 e. The fourth-order valence-corrected chi connectivity index (χ4v) is 3.73. The topological polar surface area (TPSA) is 43.9 Å². The van der Waals surface area contributed by atoms with Gasteiger partial charge < -0.3 is 9.80 Å². The van der Waals surface area contributed by atoms with E-state index in [4.69, 9.17) is 0 Å². The number of benzene rings is 2. The second-order valence-corrected chi connectivity index (χ2v) is 7.22. The predicted molar refractivity (Wildman–Crippen MR) is 114 cm³/mol. The van der Waals surface area contributed by atoms with Crippen molar-refractivity contribution in [2.75, 3.05) is 42.5 Å². The summed E-state index contributed by atoms with van der Waals surface area (Å²) in [5.41, 5.74) is 2.82. The number of likely N-dealkylation sites (N-methyl/N-ethyl adjacent to an activating group) is 1. The highest BCUT2D eigenvalue weighted by atomic mass is 16.2. The van der Waals surface area contributed by atoms with Crippen LogP contribution in [0.3, 0.4) is 0 Å². The fourth-order valence-electron chi connectivity index (χ4n) is 3.73. The van der Waals surface area contributed by atoms with Crippen LogP contribution in [0.5, 0.6) is 0 Å². The van der Waals surface area contributed by atoms with Gasteiger partial charge in [-0.25, -0.2) is 0 Å². The molecule has 3 rings (SSSR count). The fraction of sp³-hybridized carbons (Fsp3) is 0.391. The maximum atomic E-state index is 13.1. The molecule has 1 aliphatic heterocycles. The Hall–Kier alpha value is -2.66. The lowest BCUT2D eigenvalue weighted by Gasteiger charge is -2.39. The first-order chi connectivity index (χ1) is 13.5. The molecule has 0 bridgehead atoms. The smallest absolute Gasteiger partial charge is 0.244 e. The van der Waals surface area contributed by atoms with Crippen LogP contribution < -0.4 is 9.80 Å². The Balaban J connectivity index is 1.60. The van der Waals surface area contributed by atoms with E-state index in [1.54, 1.807) is 6.92 Å². The maximum absolute atomic E-state index is 13.1. The highest BCUT2D eigenvalue weighted by Crippen LogP contribution is 2.20.